The number of nitrogens with two attached hydrogens (primary N) is 1. The number of ether oxygens (including phenoxy) is 1. The third-order valence-corrected chi connectivity index (χ3v) is 3.04. The van der Waals surface area contributed by atoms with Crippen LogP contribution in [0.15, 0.2) is 0 Å². The van der Waals surface area contributed by atoms with Gasteiger partial charge in [-0.2, -0.15) is 0 Å². The fourth-order valence-electron chi connectivity index (χ4n) is 1.91. The maximum Gasteiger partial charge on any atom is 0.0601 e. The summed E-state index contributed by atoms with van der Waals surface area (Å²) in [4.78, 5) is 0. The van der Waals surface area contributed by atoms with Gasteiger partial charge in [-0.1, -0.05) is 13.3 Å². The molecule has 84 valence electrons. The molecule has 0 spiro atoms. The number of rotatable bonds is 7. The average molecular weight is 200 g/mol. The van der Waals surface area contributed by atoms with Gasteiger partial charge in [0, 0.05) is 19.2 Å². The third kappa shape index (κ3) is 3.95. The van der Waals surface area contributed by atoms with Crippen molar-refractivity contribution in [2.45, 2.75) is 57.2 Å². The molecular formula is C11H24N2O. The van der Waals surface area contributed by atoms with E-state index in [0.717, 1.165) is 19.4 Å². The molecule has 0 radical (unpaired) electrons. The summed E-state index contributed by atoms with van der Waals surface area (Å²) in [6.07, 6.45) is 6.27. The van der Waals surface area contributed by atoms with Crippen LogP contribution in [-0.2, 0) is 4.74 Å². The Morgan fingerprint density at radius 3 is 2.71 bits per heavy atom. The fourth-order valence-corrected chi connectivity index (χ4v) is 1.91. The third-order valence-electron chi connectivity index (χ3n) is 3.04. The van der Waals surface area contributed by atoms with E-state index < -0.39 is 0 Å². The molecule has 14 heavy (non-hydrogen) atoms. The van der Waals surface area contributed by atoms with Gasteiger partial charge in [-0.25, -0.2) is 0 Å². The van der Waals surface area contributed by atoms with E-state index in [1.54, 1.807) is 7.11 Å². The zero-order chi connectivity index (χ0) is 10.4. The molecule has 1 atom stereocenters. The molecule has 1 aliphatic carbocycles. The van der Waals surface area contributed by atoms with Gasteiger partial charge in [0.15, 0.2) is 0 Å². The van der Waals surface area contributed by atoms with Gasteiger partial charge in [0.2, 0.25) is 0 Å². The predicted octanol–water partition coefficient (Wildman–Crippen LogP) is 1.27. The average Bonchev–Trinajstić information content (AvgIpc) is 2.09. The van der Waals surface area contributed by atoms with Gasteiger partial charge in [0.05, 0.1) is 6.10 Å². The van der Waals surface area contributed by atoms with E-state index in [0.29, 0.717) is 18.2 Å². The van der Waals surface area contributed by atoms with Gasteiger partial charge in [0.25, 0.3) is 0 Å². The smallest absolute Gasteiger partial charge is 0.0601 e. The lowest BCUT2D eigenvalue weighted by Crippen LogP contribution is -2.46. The van der Waals surface area contributed by atoms with Gasteiger partial charge in [0.1, 0.15) is 0 Å². The molecule has 0 heterocycles. The Bertz CT molecular complexity index is 146. The van der Waals surface area contributed by atoms with E-state index in [9.17, 15) is 0 Å². The minimum Gasteiger partial charge on any atom is -0.381 e. The monoisotopic (exact) mass is 200 g/mol. The Morgan fingerprint density at radius 1 is 1.43 bits per heavy atom. The van der Waals surface area contributed by atoms with E-state index in [4.69, 9.17) is 10.5 Å². The Balaban J connectivity index is 1.90. The zero-order valence-electron chi connectivity index (χ0n) is 9.46. The van der Waals surface area contributed by atoms with E-state index in [1.807, 2.05) is 0 Å². The SMILES string of the molecule is CCCC(N)CCNC1CC(OC)C1. The first kappa shape index (κ1) is 12.0. The van der Waals surface area contributed by atoms with Crippen LogP contribution < -0.4 is 11.1 Å². The van der Waals surface area contributed by atoms with E-state index in [2.05, 4.69) is 12.2 Å². The molecule has 0 aromatic carbocycles. The van der Waals surface area contributed by atoms with Gasteiger partial charge < -0.3 is 15.8 Å². The first-order valence-corrected chi connectivity index (χ1v) is 5.78. The molecule has 1 rings (SSSR count). The standard InChI is InChI=1S/C11H24N2O/c1-3-4-9(12)5-6-13-10-7-11(8-10)14-2/h9-11,13H,3-8,12H2,1-2H3. The highest BCUT2D eigenvalue weighted by Gasteiger charge is 2.27. The van der Waals surface area contributed by atoms with Crippen LogP contribution in [0.5, 0.6) is 0 Å². The summed E-state index contributed by atoms with van der Waals surface area (Å²) in [6, 6.07) is 1.06. The van der Waals surface area contributed by atoms with Gasteiger partial charge in [-0.15, -0.1) is 0 Å². The van der Waals surface area contributed by atoms with Crippen molar-refractivity contribution >= 4 is 0 Å². The lowest BCUT2D eigenvalue weighted by Gasteiger charge is -2.35. The van der Waals surface area contributed by atoms with Crippen LogP contribution in [-0.4, -0.2) is 31.8 Å². The summed E-state index contributed by atoms with van der Waals surface area (Å²) in [5.74, 6) is 0. The lowest BCUT2D eigenvalue weighted by atomic mass is 9.89. The minimum absolute atomic E-state index is 0.380. The molecule has 1 aliphatic rings. The predicted molar refractivity (Wildman–Crippen MR) is 59.3 cm³/mol. The summed E-state index contributed by atoms with van der Waals surface area (Å²) in [7, 11) is 1.79. The molecule has 1 unspecified atom stereocenters. The molecule has 0 saturated heterocycles. The second kappa shape index (κ2) is 6.38. The van der Waals surface area contributed by atoms with Crippen molar-refractivity contribution in [3.63, 3.8) is 0 Å². The maximum atomic E-state index is 5.92. The van der Waals surface area contributed by atoms with E-state index in [-0.39, 0.29) is 0 Å². The molecule has 3 N–H and O–H groups in total. The molecule has 0 aromatic rings. The maximum absolute atomic E-state index is 5.92. The molecular weight excluding hydrogens is 176 g/mol. The van der Waals surface area contributed by atoms with Crippen molar-refractivity contribution in [2.75, 3.05) is 13.7 Å². The Morgan fingerprint density at radius 2 is 2.14 bits per heavy atom. The quantitative estimate of drug-likeness (QED) is 0.650. The second-order valence-corrected chi connectivity index (χ2v) is 4.32. The van der Waals surface area contributed by atoms with Gasteiger partial charge in [-0.3, -0.25) is 0 Å². The number of hydrogen-bond donors (Lipinski definition) is 2. The van der Waals surface area contributed by atoms with Crippen LogP contribution in [0.4, 0.5) is 0 Å². The normalized spacial score (nSPS) is 28.5. The number of nitrogens with one attached hydrogen (secondary N) is 1. The second-order valence-electron chi connectivity index (χ2n) is 4.32. The van der Waals surface area contributed by atoms with Crippen molar-refractivity contribution in [3.05, 3.63) is 0 Å². The highest BCUT2D eigenvalue weighted by atomic mass is 16.5. The summed E-state index contributed by atoms with van der Waals surface area (Å²) in [5, 5.41) is 3.51. The summed E-state index contributed by atoms with van der Waals surface area (Å²) >= 11 is 0. The van der Waals surface area contributed by atoms with Crippen molar-refractivity contribution in [1.29, 1.82) is 0 Å². The summed E-state index contributed by atoms with van der Waals surface area (Å²) in [6.45, 7) is 3.24. The first-order valence-electron chi connectivity index (χ1n) is 5.78. The molecule has 3 heteroatoms. The fraction of sp³-hybridized carbons (Fsp3) is 1.00. The van der Waals surface area contributed by atoms with Crippen LogP contribution in [0.2, 0.25) is 0 Å². The molecule has 1 fully saturated rings. The minimum atomic E-state index is 0.380. The lowest BCUT2D eigenvalue weighted by molar-refractivity contribution is 0.0174. The molecule has 0 bridgehead atoms. The van der Waals surface area contributed by atoms with Crippen molar-refractivity contribution < 1.29 is 4.74 Å². The van der Waals surface area contributed by atoms with Crippen LogP contribution in [0.25, 0.3) is 0 Å². The van der Waals surface area contributed by atoms with Crippen LogP contribution in [0.3, 0.4) is 0 Å². The summed E-state index contributed by atoms with van der Waals surface area (Å²) < 4.78 is 5.22. The van der Waals surface area contributed by atoms with Crippen LogP contribution in [0, 0.1) is 0 Å². The highest BCUT2D eigenvalue weighted by Crippen LogP contribution is 2.22. The largest absolute Gasteiger partial charge is 0.381 e. The van der Waals surface area contributed by atoms with Crippen LogP contribution in [0.1, 0.15) is 39.0 Å². The van der Waals surface area contributed by atoms with Gasteiger partial charge >= 0.3 is 0 Å². The molecule has 1 saturated carbocycles. The van der Waals surface area contributed by atoms with Gasteiger partial charge in [-0.05, 0) is 32.2 Å². The first-order chi connectivity index (χ1) is 6.76. The van der Waals surface area contributed by atoms with E-state index in [1.165, 1.54) is 19.3 Å². The Kier molecular flexibility index (Phi) is 5.45. The number of hydrogen-bond acceptors (Lipinski definition) is 3. The van der Waals surface area contributed by atoms with Crippen molar-refractivity contribution in [3.8, 4) is 0 Å². The molecule has 0 amide bonds. The Labute approximate surface area is 87.4 Å². The molecule has 3 nitrogen and oxygen atoms in total. The number of methoxy groups -OCH3 is 1. The highest BCUT2D eigenvalue weighted by molar-refractivity contribution is 4.85. The Hall–Kier alpha value is -0.120. The topological polar surface area (TPSA) is 47.3 Å². The van der Waals surface area contributed by atoms with Crippen molar-refractivity contribution in [2.24, 2.45) is 5.73 Å². The van der Waals surface area contributed by atoms with E-state index >= 15 is 0 Å². The summed E-state index contributed by atoms with van der Waals surface area (Å²) in [5.41, 5.74) is 5.92. The zero-order valence-corrected chi connectivity index (χ0v) is 9.46. The van der Waals surface area contributed by atoms with Crippen molar-refractivity contribution in [1.82, 2.24) is 5.32 Å². The van der Waals surface area contributed by atoms with Crippen LogP contribution >= 0.6 is 0 Å². The molecule has 0 aliphatic heterocycles. The molecule has 0 aromatic heterocycles.